The van der Waals surface area contributed by atoms with Crippen molar-refractivity contribution in [1.29, 1.82) is 0 Å². The largest absolute Gasteiger partial charge is 0.457 e. The van der Waals surface area contributed by atoms with Gasteiger partial charge in [0, 0.05) is 59.4 Å². The van der Waals surface area contributed by atoms with Crippen molar-refractivity contribution in [3.8, 4) is 17.3 Å². The number of aromatic nitrogens is 2. The van der Waals surface area contributed by atoms with Crippen molar-refractivity contribution >= 4 is 44.6 Å². The lowest BCUT2D eigenvalue weighted by atomic mass is 9.78. The van der Waals surface area contributed by atoms with Gasteiger partial charge in [-0.25, -0.2) is 4.98 Å². The molecule has 5 heteroatoms. The van der Waals surface area contributed by atoms with Gasteiger partial charge in [0.15, 0.2) is 18.0 Å². The van der Waals surface area contributed by atoms with Gasteiger partial charge in [0.2, 0.25) is 11.4 Å². The van der Waals surface area contributed by atoms with Crippen molar-refractivity contribution in [3.63, 3.8) is 0 Å². The van der Waals surface area contributed by atoms with Crippen LogP contribution in [0.2, 0.25) is 0 Å². The Morgan fingerprint density at radius 1 is 0.492 bits per heavy atom. The first-order valence-corrected chi connectivity index (χ1v) is 23.3. The van der Waals surface area contributed by atoms with Crippen LogP contribution < -0.4 is 13.9 Å². The number of pyridine rings is 1. The minimum atomic E-state index is -0.117. The number of benzene rings is 5. The highest BCUT2D eigenvalue weighted by Crippen LogP contribution is 2.76. The molecule has 63 heavy (non-hydrogen) atoms. The molecule has 5 nitrogen and oxygen atoms in total. The van der Waals surface area contributed by atoms with Crippen LogP contribution >= 0.6 is 0 Å². The number of hydrogen-bond donors (Lipinski definition) is 0. The van der Waals surface area contributed by atoms with Gasteiger partial charge in [-0.15, -0.1) is 0 Å². The normalized spacial score (nSPS) is 18.9. The topological polar surface area (TPSA) is 27.1 Å². The summed E-state index contributed by atoms with van der Waals surface area (Å²) in [5.41, 5.74) is 14.0. The smallest absolute Gasteiger partial charge is 0.225 e. The zero-order valence-corrected chi connectivity index (χ0v) is 40.7. The van der Waals surface area contributed by atoms with Gasteiger partial charge in [0.05, 0.1) is 11.0 Å². The van der Waals surface area contributed by atoms with Gasteiger partial charge in [0.25, 0.3) is 0 Å². The van der Waals surface area contributed by atoms with Crippen LogP contribution in [0.15, 0.2) is 115 Å². The number of fused-ring (bicyclic) bond motifs is 7. The van der Waals surface area contributed by atoms with Crippen LogP contribution in [-0.4, -0.2) is 9.55 Å². The third-order valence-electron chi connectivity index (χ3n) is 14.7. The molecule has 1 fully saturated rings. The second kappa shape index (κ2) is 14.1. The van der Waals surface area contributed by atoms with E-state index in [-0.39, 0.29) is 27.1 Å². The van der Waals surface area contributed by atoms with Gasteiger partial charge in [-0.3, -0.25) is 4.57 Å². The first-order chi connectivity index (χ1) is 29.4. The molecule has 1 unspecified atom stereocenters. The second-order valence-electron chi connectivity index (χ2n) is 23.0. The summed E-state index contributed by atoms with van der Waals surface area (Å²) < 4.78 is 10.7. The fourth-order valence-electron chi connectivity index (χ4n) is 9.91. The van der Waals surface area contributed by atoms with Crippen LogP contribution in [0.25, 0.3) is 27.6 Å². The quantitative estimate of drug-likeness (QED) is 0.0866. The third kappa shape index (κ3) is 6.76. The van der Waals surface area contributed by atoms with E-state index >= 15 is 0 Å². The van der Waals surface area contributed by atoms with Crippen LogP contribution in [0.3, 0.4) is 0 Å². The lowest BCUT2D eigenvalue weighted by Crippen LogP contribution is -2.47. The first-order valence-electron chi connectivity index (χ1n) is 23.3. The molecule has 0 aliphatic carbocycles. The summed E-state index contributed by atoms with van der Waals surface area (Å²) >= 11 is 0. The molecular formula is C58H69N4O+. The third-order valence-corrected chi connectivity index (χ3v) is 14.7. The number of quaternary nitrogens is 2. The Bertz CT molecular complexity index is 2940. The molecule has 2 atom stereocenters. The summed E-state index contributed by atoms with van der Waals surface area (Å²) in [6.45, 7) is 37.1. The van der Waals surface area contributed by atoms with E-state index in [0.717, 1.165) is 41.2 Å². The van der Waals surface area contributed by atoms with Gasteiger partial charge < -0.3 is 4.74 Å². The van der Waals surface area contributed by atoms with E-state index < -0.39 is 0 Å². The molecule has 2 aromatic heterocycles. The molecule has 7 aromatic rings. The molecule has 0 radical (unpaired) electrons. The van der Waals surface area contributed by atoms with E-state index in [2.05, 4.69) is 224 Å². The van der Waals surface area contributed by atoms with Crippen LogP contribution in [0.4, 0.5) is 22.7 Å². The predicted octanol–water partition coefficient (Wildman–Crippen LogP) is 16.6. The van der Waals surface area contributed by atoms with E-state index in [4.69, 9.17) is 9.72 Å². The van der Waals surface area contributed by atoms with Gasteiger partial charge in [-0.2, -0.15) is 9.18 Å². The monoisotopic (exact) mass is 838 g/mol. The van der Waals surface area contributed by atoms with Crippen molar-refractivity contribution in [2.45, 2.75) is 144 Å². The molecule has 0 spiro atoms. The Hall–Kier alpha value is -5.23. The highest BCUT2D eigenvalue weighted by Gasteiger charge is 2.78. The average molecular weight is 838 g/mol. The molecule has 2 aliphatic heterocycles. The Morgan fingerprint density at radius 3 is 1.71 bits per heavy atom. The van der Waals surface area contributed by atoms with Crippen molar-refractivity contribution in [1.82, 2.24) is 18.7 Å². The molecule has 0 bridgehead atoms. The summed E-state index contributed by atoms with van der Waals surface area (Å²) in [7, 11) is 0. The highest BCUT2D eigenvalue weighted by atomic mass is 16.5. The van der Waals surface area contributed by atoms with Gasteiger partial charge in [-0.1, -0.05) is 134 Å². The lowest BCUT2D eigenvalue weighted by molar-refractivity contribution is 0.415. The van der Waals surface area contributed by atoms with Gasteiger partial charge in [0.1, 0.15) is 17.3 Å². The van der Waals surface area contributed by atoms with Crippen molar-refractivity contribution in [2.24, 2.45) is 0 Å². The van der Waals surface area contributed by atoms with Gasteiger partial charge >= 0.3 is 0 Å². The number of rotatable bonds is 8. The highest BCUT2D eigenvalue weighted by molar-refractivity contribution is 6.09. The molecule has 0 amide bonds. The maximum Gasteiger partial charge on any atom is 0.225 e. The number of ether oxygens (including phenoxy) is 1. The molecule has 5 aromatic carbocycles. The van der Waals surface area contributed by atoms with E-state index in [1.54, 1.807) is 0 Å². The van der Waals surface area contributed by atoms with Crippen LogP contribution in [0.1, 0.15) is 145 Å². The van der Waals surface area contributed by atoms with Crippen molar-refractivity contribution in [2.75, 3.05) is 0 Å². The average Bonchev–Trinajstić information content (AvgIpc) is 3.72. The predicted molar refractivity (Wildman–Crippen MR) is 268 cm³/mol. The molecule has 2 aliphatic rings. The van der Waals surface area contributed by atoms with E-state index in [9.17, 15) is 0 Å². The molecule has 1 saturated heterocycles. The zero-order chi connectivity index (χ0) is 45.3. The fourth-order valence-corrected chi connectivity index (χ4v) is 9.91. The summed E-state index contributed by atoms with van der Waals surface area (Å²) in [5, 5.41) is 2.39. The molecule has 4 heterocycles. The molecule has 326 valence electrons. The Balaban J connectivity index is 1.21. The Labute approximate surface area is 377 Å². The summed E-state index contributed by atoms with van der Waals surface area (Å²) in [4.78, 5) is 5.01. The first kappa shape index (κ1) is 43.0. The minimum Gasteiger partial charge on any atom is -0.457 e. The van der Waals surface area contributed by atoms with Crippen LogP contribution in [0, 0.1) is 6.67 Å². The second-order valence-corrected chi connectivity index (χ2v) is 23.0. The molecule has 0 saturated carbocycles. The van der Waals surface area contributed by atoms with Crippen molar-refractivity contribution < 1.29 is 4.74 Å². The lowest BCUT2D eigenvalue weighted by Gasteiger charge is -2.41. The van der Waals surface area contributed by atoms with E-state index in [1.807, 2.05) is 6.20 Å². The minimum absolute atomic E-state index is 0.00280. The van der Waals surface area contributed by atoms with Crippen LogP contribution in [0.5, 0.6) is 11.5 Å². The van der Waals surface area contributed by atoms with E-state index in [0.29, 0.717) is 9.18 Å². The zero-order valence-electron chi connectivity index (χ0n) is 40.7. The number of nitrogens with zero attached hydrogens (tertiary/aromatic N) is 4. The van der Waals surface area contributed by atoms with Crippen LogP contribution in [-0.2, 0) is 27.1 Å². The standard InChI is InChI=1S/C58H69N4O/c1-16-58(15,17-2)41-19-18-20-43(29-41)61-37-62(61,52-33-39(55(6,7)8)22-26-51(52)61)44-30-42(57(12,13)14)31-46(35-44)63-45-23-25-48-47-24-21-38(54(3,4)5)32-49(47)60(50(48)36-45)53-34-40(27-28-59-53)56(9,10)11/h18-37H,16-17H2,1-15H3/q+1/t61-,62?/m0/s1. The molecular weight excluding hydrogens is 769 g/mol. The fraction of sp³-hybridized carbons (Fsp3) is 0.379. The molecule has 0 N–H and O–H groups in total. The Kier molecular flexibility index (Phi) is 9.66. The van der Waals surface area contributed by atoms with E-state index in [1.165, 1.54) is 61.3 Å². The summed E-state index contributed by atoms with van der Waals surface area (Å²) in [6.07, 6.45) is 4.15. The molecule has 9 rings (SSSR count). The number of hydrogen-bond acceptors (Lipinski definition) is 2. The van der Waals surface area contributed by atoms with Gasteiger partial charge in [-0.05, 0) is 104 Å². The summed E-state index contributed by atoms with van der Waals surface area (Å²) in [6, 6.07) is 41.5. The Morgan fingerprint density at radius 2 is 1.06 bits per heavy atom. The summed E-state index contributed by atoms with van der Waals surface area (Å²) in [5.74, 6) is 2.55. The maximum absolute atomic E-state index is 7.12. The van der Waals surface area contributed by atoms with Crippen molar-refractivity contribution in [3.05, 3.63) is 150 Å². The SMILES string of the molecule is CCC(C)(CC)c1cccc([N@+]23[CH-][N+]2(c2cc(Oc4ccc5c6ccc(C(C)(C)C)cc6n(-c6cc(C(C)(C)C)ccn6)c5c4)cc(C(C)(C)C)c2)c2cc(C(C)(C)C)ccc23)c1. The maximum atomic E-state index is 7.12.